The van der Waals surface area contributed by atoms with Crippen LogP contribution in [0.15, 0.2) is 12.3 Å². The molecule has 1 aromatic carbocycles. The Bertz CT molecular complexity index is 733. The zero-order valence-electron chi connectivity index (χ0n) is 15.0. The number of carbonyl (C=O) groups excluding carboxylic acids is 1. The van der Waals surface area contributed by atoms with Crippen molar-refractivity contribution >= 4 is 5.78 Å². The summed E-state index contributed by atoms with van der Waals surface area (Å²) in [5.74, 6) is 0.126. The van der Waals surface area contributed by atoms with Crippen LogP contribution in [-0.2, 0) is 7.05 Å². The third-order valence-corrected chi connectivity index (χ3v) is 5.01. The van der Waals surface area contributed by atoms with Crippen molar-refractivity contribution in [2.24, 2.45) is 7.05 Å². The summed E-state index contributed by atoms with van der Waals surface area (Å²) in [7, 11) is 1.95. The fraction of sp³-hybridized carbons (Fsp3) is 0.400. The normalized spacial score (nSPS) is 10.9. The van der Waals surface area contributed by atoms with Crippen molar-refractivity contribution < 1.29 is 9.36 Å². The Morgan fingerprint density at radius 3 is 1.73 bits per heavy atom. The molecule has 0 aliphatic heterocycles. The lowest BCUT2D eigenvalue weighted by Gasteiger charge is -2.17. The fourth-order valence-corrected chi connectivity index (χ4v) is 3.39. The van der Waals surface area contributed by atoms with Gasteiger partial charge in [-0.05, 0) is 82.3 Å². The molecule has 0 bridgehead atoms. The van der Waals surface area contributed by atoms with Crippen molar-refractivity contribution in [2.45, 2.75) is 48.5 Å². The Labute approximate surface area is 133 Å². The van der Waals surface area contributed by atoms with Crippen molar-refractivity contribution in [3.63, 3.8) is 0 Å². The summed E-state index contributed by atoms with van der Waals surface area (Å²) in [6.45, 7) is 14.5. The highest BCUT2D eigenvalue weighted by Gasteiger charge is 2.27. The Kier molecular flexibility index (Phi) is 4.23. The molecule has 2 nitrogen and oxygen atoms in total. The van der Waals surface area contributed by atoms with Gasteiger partial charge in [0.1, 0.15) is 7.05 Å². The van der Waals surface area contributed by atoms with Crippen LogP contribution >= 0.6 is 0 Å². The van der Waals surface area contributed by atoms with Gasteiger partial charge in [-0.3, -0.25) is 4.79 Å². The molecule has 0 saturated carbocycles. The summed E-state index contributed by atoms with van der Waals surface area (Å²) < 4.78 is 1.95. The molecule has 1 aromatic heterocycles. The van der Waals surface area contributed by atoms with Gasteiger partial charge in [0.2, 0.25) is 0 Å². The van der Waals surface area contributed by atoms with Crippen LogP contribution in [0.2, 0.25) is 0 Å². The van der Waals surface area contributed by atoms with E-state index < -0.39 is 0 Å². The number of benzene rings is 1. The van der Waals surface area contributed by atoms with E-state index in [1.54, 1.807) is 0 Å². The quantitative estimate of drug-likeness (QED) is 0.608. The van der Waals surface area contributed by atoms with Gasteiger partial charge in [-0.2, -0.15) is 4.57 Å². The molecule has 0 radical (unpaired) electrons. The van der Waals surface area contributed by atoms with Crippen LogP contribution in [0.3, 0.4) is 0 Å². The second-order valence-electron chi connectivity index (χ2n) is 6.49. The van der Waals surface area contributed by atoms with E-state index in [0.717, 1.165) is 27.9 Å². The average Bonchev–Trinajstić information content (AvgIpc) is 2.42. The smallest absolute Gasteiger partial charge is 0.257 e. The second-order valence-corrected chi connectivity index (χ2v) is 6.49. The van der Waals surface area contributed by atoms with Gasteiger partial charge in [0, 0.05) is 16.7 Å². The highest BCUT2D eigenvalue weighted by Crippen LogP contribution is 2.28. The molecule has 0 amide bonds. The number of aromatic nitrogens is 1. The van der Waals surface area contributed by atoms with E-state index >= 15 is 0 Å². The predicted octanol–water partition coefficient (Wildman–Crippen LogP) is 3.90. The molecule has 0 fully saturated rings. The lowest BCUT2D eigenvalue weighted by Crippen LogP contribution is -2.38. The van der Waals surface area contributed by atoms with E-state index in [1.807, 2.05) is 24.7 Å². The van der Waals surface area contributed by atoms with Gasteiger partial charge >= 0.3 is 0 Å². The van der Waals surface area contributed by atoms with Crippen molar-refractivity contribution in [3.8, 4) is 0 Å². The van der Waals surface area contributed by atoms with Gasteiger partial charge in [-0.15, -0.1) is 0 Å². The highest BCUT2D eigenvalue weighted by atomic mass is 16.1. The minimum Gasteiger partial charge on any atom is -0.282 e. The van der Waals surface area contributed by atoms with Crippen LogP contribution in [0.25, 0.3) is 0 Å². The first kappa shape index (κ1) is 16.4. The first-order valence-electron chi connectivity index (χ1n) is 7.75. The summed E-state index contributed by atoms with van der Waals surface area (Å²) in [4.78, 5) is 13.2. The zero-order chi connectivity index (χ0) is 16.8. The van der Waals surface area contributed by atoms with Gasteiger partial charge in [0.15, 0.2) is 6.20 Å². The summed E-state index contributed by atoms with van der Waals surface area (Å²) >= 11 is 0. The van der Waals surface area contributed by atoms with Crippen molar-refractivity contribution in [3.05, 3.63) is 62.5 Å². The van der Waals surface area contributed by atoms with Crippen LogP contribution < -0.4 is 4.57 Å². The van der Waals surface area contributed by atoms with Crippen LogP contribution in [-0.4, -0.2) is 5.78 Å². The fourth-order valence-electron chi connectivity index (χ4n) is 3.39. The number of hydrogen-bond donors (Lipinski definition) is 0. The van der Waals surface area contributed by atoms with Crippen molar-refractivity contribution in [1.29, 1.82) is 0 Å². The maximum atomic E-state index is 13.2. The Morgan fingerprint density at radius 1 is 0.818 bits per heavy atom. The molecule has 2 rings (SSSR count). The number of hydrogen-bond acceptors (Lipinski definition) is 1. The molecule has 0 aliphatic rings. The molecule has 0 spiro atoms. The van der Waals surface area contributed by atoms with Crippen LogP contribution in [0.1, 0.15) is 55.0 Å². The van der Waals surface area contributed by atoms with E-state index in [-0.39, 0.29) is 5.78 Å². The molecule has 1 heterocycles. The van der Waals surface area contributed by atoms with Gasteiger partial charge < -0.3 is 0 Å². The van der Waals surface area contributed by atoms with Gasteiger partial charge in [0.05, 0.1) is 0 Å². The van der Waals surface area contributed by atoms with E-state index in [9.17, 15) is 4.79 Å². The molecular formula is C20H26NO+. The number of carbonyl (C=O) groups is 1. The third kappa shape index (κ3) is 2.47. The Hall–Kier alpha value is -1.96. The van der Waals surface area contributed by atoms with Crippen molar-refractivity contribution in [2.75, 3.05) is 0 Å². The van der Waals surface area contributed by atoms with Gasteiger partial charge in [-0.25, -0.2) is 0 Å². The summed E-state index contributed by atoms with van der Waals surface area (Å²) in [5.41, 5.74) is 9.77. The lowest BCUT2D eigenvalue weighted by atomic mass is 9.86. The molecule has 0 unspecified atom stereocenters. The van der Waals surface area contributed by atoms with Gasteiger partial charge in [-0.1, -0.05) is 0 Å². The monoisotopic (exact) mass is 296 g/mol. The molecule has 0 atom stereocenters. The van der Waals surface area contributed by atoms with Crippen molar-refractivity contribution in [1.82, 2.24) is 0 Å². The molecule has 2 heteroatoms. The maximum Gasteiger partial charge on any atom is 0.257 e. The largest absolute Gasteiger partial charge is 0.282 e. The first-order valence-corrected chi connectivity index (χ1v) is 7.75. The average molecular weight is 296 g/mol. The SMILES string of the molecule is Cc1cc(C)c(C(=O)c2c(C)c(C)c(C)c(C)c2C)[n+](C)c1. The minimum absolute atomic E-state index is 0.126. The molecular weight excluding hydrogens is 270 g/mol. The molecule has 116 valence electrons. The topological polar surface area (TPSA) is 20.9 Å². The standard InChI is InChI=1S/C20H26NO/c1-11-9-12(2)19(21(8)10-11)20(22)18-16(6)14(4)13(3)15(5)17(18)7/h9-10H,1-8H3/q+1. The molecule has 0 saturated heterocycles. The molecule has 0 aliphatic carbocycles. The molecule has 2 aromatic rings. The summed E-state index contributed by atoms with van der Waals surface area (Å²) in [5, 5.41) is 0. The van der Waals surface area contributed by atoms with Crippen LogP contribution in [0.5, 0.6) is 0 Å². The highest BCUT2D eigenvalue weighted by molar-refractivity contribution is 6.10. The van der Waals surface area contributed by atoms with E-state index in [1.165, 1.54) is 22.3 Å². The number of aryl methyl sites for hydroxylation is 3. The Balaban J connectivity index is 2.76. The number of ketones is 1. The molecule has 22 heavy (non-hydrogen) atoms. The van der Waals surface area contributed by atoms with Crippen LogP contribution in [0.4, 0.5) is 0 Å². The van der Waals surface area contributed by atoms with E-state index in [0.29, 0.717) is 0 Å². The summed E-state index contributed by atoms with van der Waals surface area (Å²) in [6, 6.07) is 2.08. The third-order valence-electron chi connectivity index (χ3n) is 5.01. The predicted molar refractivity (Wildman–Crippen MR) is 90.7 cm³/mol. The zero-order valence-corrected chi connectivity index (χ0v) is 15.0. The number of pyridine rings is 1. The van der Waals surface area contributed by atoms with E-state index in [4.69, 9.17) is 0 Å². The molecule has 0 N–H and O–H groups in total. The lowest BCUT2D eigenvalue weighted by molar-refractivity contribution is -0.673. The van der Waals surface area contributed by atoms with Crippen LogP contribution in [0, 0.1) is 48.5 Å². The number of rotatable bonds is 2. The maximum absolute atomic E-state index is 13.2. The van der Waals surface area contributed by atoms with E-state index in [2.05, 4.69) is 47.6 Å². The second kappa shape index (κ2) is 5.68. The van der Waals surface area contributed by atoms with Gasteiger partial charge in [0.25, 0.3) is 11.5 Å². The summed E-state index contributed by atoms with van der Waals surface area (Å²) in [6.07, 6.45) is 2.01. The number of nitrogens with zero attached hydrogens (tertiary/aromatic N) is 1. The first-order chi connectivity index (χ1) is 10.2. The Morgan fingerprint density at radius 2 is 1.27 bits per heavy atom. The minimum atomic E-state index is 0.126.